The van der Waals surface area contributed by atoms with Gasteiger partial charge in [-0.2, -0.15) is 0 Å². The number of nitrogens with one attached hydrogen (secondary N) is 1. The highest BCUT2D eigenvalue weighted by Gasteiger charge is 2.34. The Morgan fingerprint density at radius 2 is 2.00 bits per heavy atom. The van der Waals surface area contributed by atoms with E-state index in [2.05, 4.69) is 5.32 Å². The maximum Gasteiger partial charge on any atom is 0.342 e. The fourth-order valence-corrected chi connectivity index (χ4v) is 4.07. The van der Waals surface area contributed by atoms with Crippen LogP contribution in [0.4, 0.5) is 0 Å². The molecule has 2 aliphatic heterocycles. The van der Waals surface area contributed by atoms with Gasteiger partial charge in [0.05, 0.1) is 18.3 Å². The Labute approximate surface area is 188 Å². The van der Waals surface area contributed by atoms with Crippen LogP contribution in [0.5, 0.6) is 5.75 Å². The monoisotopic (exact) mass is 441 g/mol. The lowest BCUT2D eigenvalue weighted by molar-refractivity contribution is -0.115. The second-order valence-electron chi connectivity index (χ2n) is 8.13. The first-order valence-corrected chi connectivity index (χ1v) is 11.1. The molecule has 1 saturated heterocycles. The van der Waals surface area contributed by atoms with Crippen molar-refractivity contribution in [2.45, 2.75) is 69.9 Å². The molecule has 172 valence electrons. The standard InChI is InChI=1S/C25H31NO6/c1-2-3-4-5-11-23(29)26-12-7-9-19-16-21-15-18(27)14-20(31-21)13-17-8-6-10-22(28)24(17)25(30)32-19/h3-8,10-12,18-21,27-28H,2,9,13-16H2,1H3,(H,26,29)/t18-,19?,20+,21-/m1/s1. The molecule has 1 aromatic rings. The smallest absolute Gasteiger partial charge is 0.342 e. The summed E-state index contributed by atoms with van der Waals surface area (Å²) in [6.07, 6.45) is 11.7. The van der Waals surface area contributed by atoms with Gasteiger partial charge in [0, 0.05) is 25.1 Å². The van der Waals surface area contributed by atoms with Crippen molar-refractivity contribution in [3.8, 4) is 5.75 Å². The largest absolute Gasteiger partial charge is 0.507 e. The fraction of sp³-hybridized carbons (Fsp3) is 0.440. The van der Waals surface area contributed by atoms with E-state index in [1.807, 2.05) is 19.1 Å². The average Bonchev–Trinajstić information content (AvgIpc) is 2.73. The van der Waals surface area contributed by atoms with Crippen LogP contribution in [0.25, 0.3) is 0 Å². The molecule has 2 aliphatic rings. The fourth-order valence-electron chi connectivity index (χ4n) is 4.07. The Morgan fingerprint density at radius 3 is 2.81 bits per heavy atom. The minimum atomic E-state index is -0.577. The number of phenolic OH excluding ortho intramolecular Hbond substituents is 1. The minimum Gasteiger partial charge on any atom is -0.507 e. The Morgan fingerprint density at radius 1 is 1.19 bits per heavy atom. The van der Waals surface area contributed by atoms with Crippen LogP contribution < -0.4 is 5.32 Å². The predicted molar refractivity (Wildman–Crippen MR) is 120 cm³/mol. The summed E-state index contributed by atoms with van der Waals surface area (Å²) in [7, 11) is 0. The van der Waals surface area contributed by atoms with Crippen molar-refractivity contribution in [1.82, 2.24) is 5.32 Å². The van der Waals surface area contributed by atoms with Gasteiger partial charge in [-0.05, 0) is 37.3 Å². The van der Waals surface area contributed by atoms with E-state index < -0.39 is 18.2 Å². The molecule has 0 saturated carbocycles. The van der Waals surface area contributed by atoms with Gasteiger partial charge in [0.25, 0.3) is 0 Å². The number of aliphatic hydroxyl groups is 1. The number of cyclic esters (lactones) is 1. The van der Waals surface area contributed by atoms with Crippen LogP contribution in [0, 0.1) is 0 Å². The highest BCUT2D eigenvalue weighted by molar-refractivity contribution is 5.94. The molecule has 3 N–H and O–H groups in total. The van der Waals surface area contributed by atoms with Crippen molar-refractivity contribution in [2.75, 3.05) is 0 Å². The first kappa shape index (κ1) is 23.8. The van der Waals surface area contributed by atoms with Gasteiger partial charge in [-0.25, -0.2) is 4.79 Å². The zero-order chi connectivity index (χ0) is 22.9. The summed E-state index contributed by atoms with van der Waals surface area (Å²) in [6, 6.07) is 4.91. The van der Waals surface area contributed by atoms with Crippen LogP contribution in [0.2, 0.25) is 0 Å². The summed E-state index contributed by atoms with van der Waals surface area (Å²) in [5.41, 5.74) is 0.780. The van der Waals surface area contributed by atoms with Gasteiger partial charge < -0.3 is 25.0 Å². The first-order chi connectivity index (χ1) is 15.5. The number of amides is 1. The van der Waals surface area contributed by atoms with E-state index >= 15 is 0 Å². The molecule has 1 unspecified atom stereocenters. The van der Waals surface area contributed by atoms with Crippen molar-refractivity contribution in [3.05, 3.63) is 65.9 Å². The highest BCUT2D eigenvalue weighted by atomic mass is 16.5. The summed E-state index contributed by atoms with van der Waals surface area (Å²) in [6.45, 7) is 2.01. The summed E-state index contributed by atoms with van der Waals surface area (Å²) in [5.74, 6) is -0.969. The molecule has 1 fully saturated rings. The number of hydrogen-bond donors (Lipinski definition) is 3. The Bertz CT molecular complexity index is 890. The molecule has 3 rings (SSSR count). The zero-order valence-corrected chi connectivity index (χ0v) is 18.3. The maximum absolute atomic E-state index is 12.9. The van der Waals surface area contributed by atoms with Crippen LogP contribution in [0.1, 0.15) is 54.9 Å². The van der Waals surface area contributed by atoms with Gasteiger partial charge in [0.1, 0.15) is 17.4 Å². The van der Waals surface area contributed by atoms with Crippen LogP contribution in [-0.4, -0.2) is 46.5 Å². The van der Waals surface area contributed by atoms with E-state index in [9.17, 15) is 19.8 Å². The third-order valence-electron chi connectivity index (χ3n) is 5.51. The summed E-state index contributed by atoms with van der Waals surface area (Å²) < 4.78 is 11.9. The quantitative estimate of drug-likeness (QED) is 0.355. The first-order valence-electron chi connectivity index (χ1n) is 11.1. The topological polar surface area (TPSA) is 105 Å². The SMILES string of the molecule is CCC=CC=CC(=O)NC=CCC1C[C@H]2C[C@H](O)C[C@H](Cc3cccc(O)c3C(=O)O1)O2. The van der Waals surface area contributed by atoms with Gasteiger partial charge in [-0.15, -0.1) is 0 Å². The second-order valence-corrected chi connectivity index (χ2v) is 8.13. The van der Waals surface area contributed by atoms with Crippen molar-refractivity contribution < 1.29 is 29.3 Å². The molecule has 7 nitrogen and oxygen atoms in total. The molecule has 0 aliphatic carbocycles. The molecular formula is C25H31NO6. The number of rotatable bonds is 6. The molecule has 0 radical (unpaired) electrons. The van der Waals surface area contributed by atoms with Crippen molar-refractivity contribution in [3.63, 3.8) is 0 Å². The summed E-state index contributed by atoms with van der Waals surface area (Å²) >= 11 is 0. The third kappa shape index (κ3) is 6.80. The summed E-state index contributed by atoms with van der Waals surface area (Å²) in [4.78, 5) is 24.7. The number of allylic oxidation sites excluding steroid dienone is 3. The van der Waals surface area contributed by atoms with E-state index in [1.54, 1.807) is 24.3 Å². The van der Waals surface area contributed by atoms with Gasteiger partial charge in [0.15, 0.2) is 0 Å². The molecule has 2 bridgehead atoms. The molecular weight excluding hydrogens is 410 g/mol. The van der Waals surface area contributed by atoms with Gasteiger partial charge in [-0.3, -0.25) is 4.79 Å². The highest BCUT2D eigenvalue weighted by Crippen LogP contribution is 2.32. The van der Waals surface area contributed by atoms with E-state index in [0.717, 1.165) is 6.42 Å². The van der Waals surface area contributed by atoms with Crippen molar-refractivity contribution in [1.29, 1.82) is 0 Å². The number of fused-ring (bicyclic) bond motifs is 3. The van der Waals surface area contributed by atoms with Crippen LogP contribution in [0.15, 0.2) is 54.8 Å². The van der Waals surface area contributed by atoms with Gasteiger partial charge in [-0.1, -0.05) is 43.4 Å². The number of hydrogen-bond acceptors (Lipinski definition) is 6. The van der Waals surface area contributed by atoms with Crippen molar-refractivity contribution in [2.24, 2.45) is 0 Å². The van der Waals surface area contributed by atoms with E-state index in [4.69, 9.17) is 9.47 Å². The van der Waals surface area contributed by atoms with Gasteiger partial charge >= 0.3 is 5.97 Å². The molecule has 0 aromatic heterocycles. The predicted octanol–water partition coefficient (Wildman–Crippen LogP) is 3.31. The number of carbonyl (C=O) groups is 2. The lowest BCUT2D eigenvalue weighted by Crippen LogP contribution is -2.40. The number of benzene rings is 1. The number of phenols is 1. The molecule has 32 heavy (non-hydrogen) atoms. The van der Waals surface area contributed by atoms with E-state index in [-0.39, 0.29) is 29.4 Å². The lowest BCUT2D eigenvalue weighted by atomic mass is 9.91. The third-order valence-corrected chi connectivity index (χ3v) is 5.51. The maximum atomic E-state index is 12.9. The molecule has 1 amide bonds. The molecule has 0 spiro atoms. The Hall–Kier alpha value is -2.90. The van der Waals surface area contributed by atoms with E-state index in [1.165, 1.54) is 18.3 Å². The molecule has 4 atom stereocenters. The number of esters is 1. The average molecular weight is 442 g/mol. The van der Waals surface area contributed by atoms with Crippen LogP contribution >= 0.6 is 0 Å². The van der Waals surface area contributed by atoms with Crippen LogP contribution in [0.3, 0.4) is 0 Å². The molecule has 2 heterocycles. The normalized spacial score (nSPS) is 26.2. The number of ether oxygens (including phenoxy) is 2. The van der Waals surface area contributed by atoms with Crippen molar-refractivity contribution >= 4 is 11.9 Å². The number of carbonyl (C=O) groups excluding carboxylic acids is 2. The Kier molecular flexibility index (Phi) is 8.64. The lowest BCUT2D eigenvalue weighted by Gasteiger charge is -2.36. The van der Waals surface area contributed by atoms with Gasteiger partial charge in [0.2, 0.25) is 5.91 Å². The Balaban J connectivity index is 1.70. The summed E-state index contributed by atoms with van der Waals surface area (Å²) in [5, 5.41) is 23.2. The minimum absolute atomic E-state index is 0.133. The van der Waals surface area contributed by atoms with Crippen LogP contribution in [-0.2, 0) is 20.7 Å². The molecule has 7 heteroatoms. The number of aliphatic hydroxyl groups excluding tert-OH is 1. The number of aromatic hydroxyl groups is 1. The zero-order valence-electron chi connectivity index (χ0n) is 18.3. The molecule has 1 aromatic carbocycles. The van der Waals surface area contributed by atoms with E-state index in [0.29, 0.717) is 37.7 Å². The second kappa shape index (κ2) is 11.6.